The molecular formula is C33H39N3O3. The van der Waals surface area contributed by atoms with E-state index in [9.17, 15) is 14.4 Å². The number of para-hydroxylation sites is 1. The Balaban J connectivity index is 1.74. The van der Waals surface area contributed by atoms with E-state index in [1.807, 2.05) is 87.5 Å². The molecular weight excluding hydrogens is 486 g/mol. The highest BCUT2D eigenvalue weighted by molar-refractivity contribution is 6.06. The van der Waals surface area contributed by atoms with E-state index in [2.05, 4.69) is 17.4 Å². The number of primary amides is 1. The maximum absolute atomic E-state index is 14.3. The third-order valence-corrected chi connectivity index (χ3v) is 7.54. The Bertz CT molecular complexity index is 1300. The van der Waals surface area contributed by atoms with Crippen molar-refractivity contribution >= 4 is 23.4 Å². The van der Waals surface area contributed by atoms with Crippen molar-refractivity contribution in [1.29, 1.82) is 0 Å². The van der Waals surface area contributed by atoms with Gasteiger partial charge >= 0.3 is 0 Å². The van der Waals surface area contributed by atoms with E-state index >= 15 is 0 Å². The van der Waals surface area contributed by atoms with Crippen LogP contribution in [-0.4, -0.2) is 24.3 Å². The predicted molar refractivity (Wildman–Crippen MR) is 156 cm³/mol. The molecule has 0 radical (unpaired) electrons. The quantitative estimate of drug-likeness (QED) is 0.338. The first-order valence-electron chi connectivity index (χ1n) is 13.9. The zero-order valence-electron chi connectivity index (χ0n) is 23.1. The smallest absolute Gasteiger partial charge is 0.254 e. The first-order valence-corrected chi connectivity index (χ1v) is 13.9. The zero-order chi connectivity index (χ0) is 27.9. The van der Waals surface area contributed by atoms with Crippen LogP contribution in [0.5, 0.6) is 0 Å². The molecule has 1 aliphatic heterocycles. The van der Waals surface area contributed by atoms with Gasteiger partial charge in [0.15, 0.2) is 0 Å². The topological polar surface area (TPSA) is 92.5 Å². The number of nitrogens with one attached hydrogen (secondary N) is 1. The summed E-state index contributed by atoms with van der Waals surface area (Å²) in [6.45, 7) is 6.50. The van der Waals surface area contributed by atoms with E-state index in [1.54, 1.807) is 4.90 Å². The van der Waals surface area contributed by atoms with Crippen molar-refractivity contribution in [3.63, 3.8) is 0 Å². The molecule has 3 aromatic carbocycles. The normalized spacial score (nSPS) is 16.2. The number of carbonyl (C=O) groups excluding carboxylic acids is 3. The molecule has 0 aromatic heterocycles. The van der Waals surface area contributed by atoms with Gasteiger partial charge in [-0.2, -0.15) is 0 Å². The van der Waals surface area contributed by atoms with Crippen LogP contribution in [-0.2, 0) is 20.8 Å². The molecule has 0 bridgehead atoms. The van der Waals surface area contributed by atoms with Crippen LogP contribution in [0.15, 0.2) is 78.9 Å². The molecule has 0 spiro atoms. The van der Waals surface area contributed by atoms with Crippen LogP contribution in [0.3, 0.4) is 0 Å². The molecule has 1 aliphatic rings. The van der Waals surface area contributed by atoms with Gasteiger partial charge < -0.3 is 16.0 Å². The van der Waals surface area contributed by atoms with Gasteiger partial charge in [0.25, 0.3) is 5.91 Å². The molecule has 1 heterocycles. The van der Waals surface area contributed by atoms with Crippen molar-refractivity contribution in [3.05, 3.63) is 90.0 Å². The number of fused-ring (bicyclic) bond motifs is 3. The van der Waals surface area contributed by atoms with Crippen LogP contribution >= 0.6 is 0 Å². The van der Waals surface area contributed by atoms with Crippen molar-refractivity contribution in [3.8, 4) is 11.1 Å². The van der Waals surface area contributed by atoms with Crippen LogP contribution in [0.4, 0.5) is 5.69 Å². The van der Waals surface area contributed by atoms with E-state index < -0.39 is 23.8 Å². The van der Waals surface area contributed by atoms with Gasteiger partial charge in [-0.05, 0) is 47.9 Å². The fraction of sp³-hybridized carbons (Fsp3) is 0.364. The number of rotatable bonds is 11. The molecule has 3 amide bonds. The van der Waals surface area contributed by atoms with Crippen molar-refractivity contribution < 1.29 is 14.4 Å². The minimum atomic E-state index is -0.887. The largest absolute Gasteiger partial charge is 0.369 e. The van der Waals surface area contributed by atoms with Gasteiger partial charge in [-0.1, -0.05) is 100.0 Å². The van der Waals surface area contributed by atoms with Gasteiger partial charge in [-0.3, -0.25) is 14.4 Å². The number of anilines is 1. The third kappa shape index (κ3) is 6.39. The van der Waals surface area contributed by atoms with Gasteiger partial charge in [-0.15, -0.1) is 0 Å². The molecule has 3 aromatic rings. The summed E-state index contributed by atoms with van der Waals surface area (Å²) < 4.78 is 0. The Labute approximate surface area is 231 Å². The Morgan fingerprint density at radius 1 is 0.897 bits per heavy atom. The fourth-order valence-corrected chi connectivity index (χ4v) is 5.66. The Kier molecular flexibility index (Phi) is 9.18. The van der Waals surface area contributed by atoms with Gasteiger partial charge in [0.1, 0.15) is 6.04 Å². The first kappa shape index (κ1) is 28.1. The van der Waals surface area contributed by atoms with Crippen molar-refractivity contribution in [2.45, 2.75) is 52.5 Å². The van der Waals surface area contributed by atoms with E-state index in [1.165, 1.54) is 0 Å². The second-order valence-corrected chi connectivity index (χ2v) is 10.8. The Morgan fingerprint density at radius 3 is 2.21 bits per heavy atom. The molecule has 6 heteroatoms. The average molecular weight is 526 g/mol. The van der Waals surface area contributed by atoms with Gasteiger partial charge in [0, 0.05) is 23.9 Å². The Hall–Kier alpha value is -3.93. The minimum Gasteiger partial charge on any atom is -0.369 e. The summed E-state index contributed by atoms with van der Waals surface area (Å²) in [6, 6.07) is 24.8. The lowest BCUT2D eigenvalue weighted by Crippen LogP contribution is -2.47. The van der Waals surface area contributed by atoms with Crippen molar-refractivity contribution in [1.82, 2.24) is 5.32 Å². The molecule has 1 unspecified atom stereocenters. The molecule has 3 N–H and O–H groups in total. The monoisotopic (exact) mass is 525 g/mol. The van der Waals surface area contributed by atoms with Crippen LogP contribution in [0.2, 0.25) is 0 Å². The summed E-state index contributed by atoms with van der Waals surface area (Å²) in [5.41, 5.74) is 10.3. The van der Waals surface area contributed by atoms with E-state index in [0.717, 1.165) is 34.4 Å². The molecule has 0 fully saturated rings. The number of benzene rings is 3. The van der Waals surface area contributed by atoms with Crippen LogP contribution in [0.1, 0.15) is 57.2 Å². The van der Waals surface area contributed by atoms with Gasteiger partial charge in [0.2, 0.25) is 11.8 Å². The summed E-state index contributed by atoms with van der Waals surface area (Å²) in [6.07, 6.45) is 2.46. The van der Waals surface area contributed by atoms with E-state index in [0.29, 0.717) is 25.8 Å². The second kappa shape index (κ2) is 12.7. The molecule has 0 saturated carbocycles. The molecule has 0 aliphatic carbocycles. The van der Waals surface area contributed by atoms with Crippen LogP contribution < -0.4 is 16.0 Å². The number of nitrogens with zero attached hydrogens (tertiary/aromatic N) is 1. The summed E-state index contributed by atoms with van der Waals surface area (Å²) in [7, 11) is 0. The number of carbonyl (C=O) groups is 3. The molecule has 6 nitrogen and oxygen atoms in total. The van der Waals surface area contributed by atoms with Crippen molar-refractivity contribution in [2.24, 2.45) is 23.5 Å². The standard InChI is InChI=1S/C33H39N3O3/c1-4-12-27(31(34)37)28(21-22(2)3)32(38)35-30-26-17-9-8-15-24(26)25-16-10-11-18-29(25)36(33(30)39)20-19-23-13-6-5-7-14-23/h5-11,13-18,22,27-28,30H,4,12,19-21H2,1-3H3,(H2,34,37)(H,35,38)/t27-,28+,30?/m0/s1. The summed E-state index contributed by atoms with van der Waals surface area (Å²) in [4.78, 5) is 42.4. The number of hydrogen-bond acceptors (Lipinski definition) is 3. The van der Waals surface area contributed by atoms with Crippen LogP contribution in [0, 0.1) is 17.8 Å². The molecule has 39 heavy (non-hydrogen) atoms. The Morgan fingerprint density at radius 2 is 1.54 bits per heavy atom. The third-order valence-electron chi connectivity index (χ3n) is 7.54. The molecule has 204 valence electrons. The molecule has 0 saturated heterocycles. The highest BCUT2D eigenvalue weighted by Gasteiger charge is 2.38. The first-order chi connectivity index (χ1) is 18.8. The lowest BCUT2D eigenvalue weighted by atomic mass is 9.81. The maximum atomic E-state index is 14.3. The highest BCUT2D eigenvalue weighted by atomic mass is 16.2. The van der Waals surface area contributed by atoms with Crippen molar-refractivity contribution in [2.75, 3.05) is 11.4 Å². The average Bonchev–Trinajstić information content (AvgIpc) is 3.03. The minimum absolute atomic E-state index is 0.184. The summed E-state index contributed by atoms with van der Waals surface area (Å²) in [5, 5.41) is 3.09. The highest BCUT2D eigenvalue weighted by Crippen LogP contribution is 2.40. The fourth-order valence-electron chi connectivity index (χ4n) is 5.66. The number of amides is 3. The maximum Gasteiger partial charge on any atom is 0.254 e. The van der Waals surface area contributed by atoms with E-state index in [-0.39, 0.29) is 17.7 Å². The lowest BCUT2D eigenvalue weighted by molar-refractivity contribution is -0.136. The summed E-state index contributed by atoms with van der Waals surface area (Å²) in [5.74, 6) is -1.97. The number of nitrogens with two attached hydrogens (primary N) is 1. The van der Waals surface area contributed by atoms with Gasteiger partial charge in [0.05, 0.1) is 5.69 Å². The van der Waals surface area contributed by atoms with E-state index in [4.69, 9.17) is 5.73 Å². The SMILES string of the molecule is CCC[C@H](C(N)=O)[C@@H](CC(C)C)C(=O)NC1C(=O)N(CCc2ccccc2)c2ccccc2-c2ccccc21. The molecule has 4 rings (SSSR count). The van der Waals surface area contributed by atoms with Gasteiger partial charge in [-0.25, -0.2) is 0 Å². The predicted octanol–water partition coefficient (Wildman–Crippen LogP) is 5.66. The summed E-state index contributed by atoms with van der Waals surface area (Å²) >= 11 is 0. The second-order valence-electron chi connectivity index (χ2n) is 10.8. The lowest BCUT2D eigenvalue weighted by Gasteiger charge is -2.30. The zero-order valence-corrected chi connectivity index (χ0v) is 23.1. The molecule has 3 atom stereocenters. The number of hydrogen-bond donors (Lipinski definition) is 2. The van der Waals surface area contributed by atoms with Crippen LogP contribution in [0.25, 0.3) is 11.1 Å².